The zero-order chi connectivity index (χ0) is 7.82. The summed E-state index contributed by atoms with van der Waals surface area (Å²) >= 11 is 0. The maximum atomic E-state index is 5.17. The summed E-state index contributed by atoms with van der Waals surface area (Å²) in [6.07, 6.45) is 0. The van der Waals surface area contributed by atoms with Crippen LogP contribution in [0.1, 0.15) is 13.8 Å². The van der Waals surface area contributed by atoms with Crippen molar-refractivity contribution in [2.24, 2.45) is 0 Å². The molecule has 0 unspecified atom stereocenters. The minimum Gasteiger partial charge on any atom is -0.466 e. The number of ether oxygens (including phenoxy) is 2. The SMILES string of the molecule is CCOC(=C[Si]C)OCC. The lowest BCUT2D eigenvalue weighted by Crippen LogP contribution is -1.98. The fraction of sp³-hybridized carbons (Fsp3) is 0.714. The average molecular weight is 158 g/mol. The number of rotatable bonds is 5. The van der Waals surface area contributed by atoms with Gasteiger partial charge in [-0.15, -0.1) is 0 Å². The quantitative estimate of drug-likeness (QED) is 0.447. The lowest BCUT2D eigenvalue weighted by Gasteiger charge is -2.07. The smallest absolute Gasteiger partial charge is 0.270 e. The minimum absolute atomic E-state index is 0.672. The van der Waals surface area contributed by atoms with Crippen LogP contribution in [0.15, 0.2) is 11.6 Å². The van der Waals surface area contributed by atoms with Crippen molar-refractivity contribution < 1.29 is 9.47 Å². The van der Waals surface area contributed by atoms with E-state index >= 15 is 0 Å². The first-order chi connectivity index (χ1) is 4.85. The molecule has 10 heavy (non-hydrogen) atoms. The van der Waals surface area contributed by atoms with Gasteiger partial charge in [0.2, 0.25) is 0 Å². The second-order valence-corrected chi connectivity index (χ2v) is 2.48. The summed E-state index contributed by atoms with van der Waals surface area (Å²) in [7, 11) is 0.746. The molecule has 0 aromatic heterocycles. The van der Waals surface area contributed by atoms with Crippen molar-refractivity contribution in [3.63, 3.8) is 0 Å². The van der Waals surface area contributed by atoms with Gasteiger partial charge in [0.25, 0.3) is 5.95 Å². The largest absolute Gasteiger partial charge is 0.466 e. The highest BCUT2D eigenvalue weighted by Gasteiger charge is 1.92. The van der Waals surface area contributed by atoms with Crippen molar-refractivity contribution in [3.8, 4) is 0 Å². The molecular formula is C7H14O2Si. The van der Waals surface area contributed by atoms with Crippen LogP contribution in [-0.4, -0.2) is 22.7 Å². The van der Waals surface area contributed by atoms with Crippen molar-refractivity contribution in [2.75, 3.05) is 13.2 Å². The van der Waals surface area contributed by atoms with Crippen LogP contribution in [0.2, 0.25) is 6.55 Å². The molecule has 0 amide bonds. The fourth-order valence-corrected chi connectivity index (χ4v) is 0.930. The molecule has 0 aromatic rings. The molecule has 0 aliphatic carbocycles. The van der Waals surface area contributed by atoms with E-state index in [0.29, 0.717) is 19.2 Å². The Hall–Kier alpha value is -0.443. The van der Waals surface area contributed by atoms with Gasteiger partial charge < -0.3 is 9.47 Å². The molecule has 2 nitrogen and oxygen atoms in total. The van der Waals surface area contributed by atoms with Crippen molar-refractivity contribution in [1.29, 1.82) is 0 Å². The molecular weight excluding hydrogens is 144 g/mol. The predicted molar refractivity (Wildman–Crippen MR) is 43.0 cm³/mol. The molecule has 0 N–H and O–H groups in total. The van der Waals surface area contributed by atoms with E-state index in [1.54, 1.807) is 0 Å². The van der Waals surface area contributed by atoms with Crippen LogP contribution in [0, 0.1) is 0 Å². The highest BCUT2D eigenvalue weighted by molar-refractivity contribution is 6.40. The highest BCUT2D eigenvalue weighted by Crippen LogP contribution is 1.97. The Balaban J connectivity index is 3.60. The van der Waals surface area contributed by atoms with Gasteiger partial charge in [-0.3, -0.25) is 0 Å². The lowest BCUT2D eigenvalue weighted by atomic mass is 10.8. The van der Waals surface area contributed by atoms with Gasteiger partial charge in [-0.1, -0.05) is 6.55 Å². The highest BCUT2D eigenvalue weighted by atomic mass is 28.2. The predicted octanol–water partition coefficient (Wildman–Crippen LogP) is 1.61. The monoisotopic (exact) mass is 158 g/mol. The van der Waals surface area contributed by atoms with E-state index in [9.17, 15) is 0 Å². The van der Waals surface area contributed by atoms with Crippen LogP contribution < -0.4 is 0 Å². The lowest BCUT2D eigenvalue weighted by molar-refractivity contribution is 0.0476. The van der Waals surface area contributed by atoms with Gasteiger partial charge in [-0.2, -0.15) is 0 Å². The third-order valence-electron chi connectivity index (χ3n) is 0.835. The second kappa shape index (κ2) is 6.67. The summed E-state index contributed by atoms with van der Waals surface area (Å²) < 4.78 is 10.3. The van der Waals surface area contributed by atoms with Crippen molar-refractivity contribution in [1.82, 2.24) is 0 Å². The van der Waals surface area contributed by atoms with E-state index in [-0.39, 0.29) is 0 Å². The molecule has 3 heteroatoms. The summed E-state index contributed by atoms with van der Waals surface area (Å²) in [5, 5.41) is 0. The fourth-order valence-electron chi connectivity index (χ4n) is 0.527. The molecule has 0 heterocycles. The van der Waals surface area contributed by atoms with Gasteiger partial charge in [0.1, 0.15) is 0 Å². The van der Waals surface area contributed by atoms with Crippen molar-refractivity contribution in [2.45, 2.75) is 20.4 Å². The van der Waals surface area contributed by atoms with Gasteiger partial charge in [0, 0.05) is 0 Å². The third kappa shape index (κ3) is 4.44. The van der Waals surface area contributed by atoms with Crippen LogP contribution in [0.5, 0.6) is 0 Å². The zero-order valence-electron chi connectivity index (χ0n) is 6.81. The molecule has 0 saturated carbocycles. The number of hydrogen-bond acceptors (Lipinski definition) is 2. The summed E-state index contributed by atoms with van der Waals surface area (Å²) in [6, 6.07) is 0. The molecule has 2 radical (unpaired) electrons. The summed E-state index contributed by atoms with van der Waals surface area (Å²) in [4.78, 5) is 0. The first kappa shape index (κ1) is 9.56. The maximum Gasteiger partial charge on any atom is 0.270 e. The molecule has 0 aliphatic heterocycles. The third-order valence-corrected chi connectivity index (χ3v) is 1.36. The Morgan fingerprint density at radius 3 is 2.10 bits per heavy atom. The molecule has 0 atom stereocenters. The van der Waals surface area contributed by atoms with Gasteiger partial charge in [0.05, 0.1) is 22.7 Å². The molecule has 0 spiro atoms. The van der Waals surface area contributed by atoms with Gasteiger partial charge in [-0.05, 0) is 19.5 Å². The molecule has 0 aromatic carbocycles. The van der Waals surface area contributed by atoms with Gasteiger partial charge in [0.15, 0.2) is 0 Å². The minimum atomic E-state index is 0.672. The van der Waals surface area contributed by atoms with Crippen LogP contribution in [0.3, 0.4) is 0 Å². The summed E-state index contributed by atoms with van der Waals surface area (Å²) in [5.74, 6) is 0.672. The van der Waals surface area contributed by atoms with Gasteiger partial charge in [-0.25, -0.2) is 0 Å². The van der Waals surface area contributed by atoms with Crippen molar-refractivity contribution in [3.05, 3.63) is 11.6 Å². The van der Waals surface area contributed by atoms with E-state index < -0.39 is 0 Å². The molecule has 0 fully saturated rings. The molecule has 0 aliphatic rings. The Morgan fingerprint density at radius 1 is 1.30 bits per heavy atom. The molecule has 0 saturated heterocycles. The molecule has 58 valence electrons. The Labute approximate surface area is 65.0 Å². The van der Waals surface area contributed by atoms with Crippen LogP contribution in [0.25, 0.3) is 0 Å². The zero-order valence-corrected chi connectivity index (χ0v) is 7.81. The van der Waals surface area contributed by atoms with E-state index in [2.05, 4.69) is 6.55 Å². The van der Waals surface area contributed by atoms with Gasteiger partial charge >= 0.3 is 0 Å². The Bertz CT molecular complexity index is 93.8. The molecule has 0 bridgehead atoms. The van der Waals surface area contributed by atoms with Crippen LogP contribution >= 0.6 is 0 Å². The number of hydrogen-bond donors (Lipinski definition) is 0. The standard InChI is InChI=1S/C7H14O2Si/c1-4-8-7(6-10-3)9-5-2/h6H,4-5H2,1-3H3. The first-order valence-electron chi connectivity index (χ1n) is 3.48. The van der Waals surface area contributed by atoms with Crippen LogP contribution in [0.4, 0.5) is 0 Å². The Morgan fingerprint density at radius 2 is 1.80 bits per heavy atom. The van der Waals surface area contributed by atoms with E-state index in [1.165, 1.54) is 0 Å². The second-order valence-electron chi connectivity index (χ2n) is 1.62. The van der Waals surface area contributed by atoms with Crippen LogP contribution in [-0.2, 0) is 9.47 Å². The van der Waals surface area contributed by atoms with E-state index in [0.717, 1.165) is 9.52 Å². The summed E-state index contributed by atoms with van der Waals surface area (Å²) in [5.41, 5.74) is 1.97. The summed E-state index contributed by atoms with van der Waals surface area (Å²) in [6.45, 7) is 7.34. The topological polar surface area (TPSA) is 18.5 Å². The first-order valence-corrected chi connectivity index (χ1v) is 5.05. The molecule has 0 rings (SSSR count). The average Bonchev–Trinajstić information content (AvgIpc) is 1.90. The van der Waals surface area contributed by atoms with E-state index in [1.807, 2.05) is 19.5 Å². The maximum absolute atomic E-state index is 5.17. The van der Waals surface area contributed by atoms with Crippen molar-refractivity contribution >= 4 is 9.52 Å². The normalized spacial score (nSPS) is 8.70. The van der Waals surface area contributed by atoms with E-state index in [4.69, 9.17) is 9.47 Å². The Kier molecular flexibility index (Phi) is 6.38.